The molecule has 1 heterocycles. The minimum atomic E-state index is -3.92. The first kappa shape index (κ1) is 20.3. The Morgan fingerprint density at radius 1 is 1.07 bits per heavy atom. The maximum atomic E-state index is 13.3. The summed E-state index contributed by atoms with van der Waals surface area (Å²) in [6.45, 7) is 1.77. The van der Waals surface area contributed by atoms with Crippen molar-refractivity contribution in [3.8, 4) is 5.75 Å². The fourth-order valence-corrected chi connectivity index (χ4v) is 4.85. The Bertz CT molecular complexity index is 1200. The summed E-state index contributed by atoms with van der Waals surface area (Å²) in [5, 5.41) is 3.24. The number of fused-ring (bicyclic) bond motifs is 1. The summed E-state index contributed by atoms with van der Waals surface area (Å²) in [5.74, 6) is -0.0999. The van der Waals surface area contributed by atoms with E-state index in [2.05, 4.69) is 5.32 Å². The van der Waals surface area contributed by atoms with E-state index in [1.165, 1.54) is 28.6 Å². The molecule has 1 unspecified atom stereocenters. The molecule has 0 aliphatic carbocycles. The van der Waals surface area contributed by atoms with Crippen molar-refractivity contribution < 1.29 is 17.9 Å². The lowest BCUT2D eigenvalue weighted by molar-refractivity contribution is -0.122. The average molecular weight is 443 g/mol. The van der Waals surface area contributed by atoms with Crippen LogP contribution in [-0.4, -0.2) is 27.0 Å². The maximum absolute atomic E-state index is 13.3. The lowest BCUT2D eigenvalue weighted by Gasteiger charge is -2.34. The predicted octanol–water partition coefficient (Wildman–Crippen LogP) is 4.24. The number of nitrogens with zero attached hydrogens (tertiary/aromatic N) is 1. The number of nitrogens with one attached hydrogen (secondary N) is 1. The largest absolute Gasteiger partial charge is 0.476 e. The molecule has 0 radical (unpaired) electrons. The first-order chi connectivity index (χ1) is 14.3. The van der Waals surface area contributed by atoms with E-state index in [9.17, 15) is 13.2 Å². The van der Waals surface area contributed by atoms with E-state index in [1.807, 2.05) is 25.1 Å². The third kappa shape index (κ3) is 3.99. The Morgan fingerprint density at radius 2 is 1.80 bits per heavy atom. The second-order valence-corrected chi connectivity index (χ2v) is 9.22. The summed E-state index contributed by atoms with van der Waals surface area (Å²) in [7, 11) is -3.92. The fraction of sp³-hybridized carbons (Fsp3) is 0.136. The van der Waals surface area contributed by atoms with Gasteiger partial charge >= 0.3 is 0 Å². The van der Waals surface area contributed by atoms with Crippen molar-refractivity contribution in [1.82, 2.24) is 0 Å². The van der Waals surface area contributed by atoms with Gasteiger partial charge in [-0.1, -0.05) is 35.9 Å². The van der Waals surface area contributed by atoms with Crippen LogP contribution in [0.4, 0.5) is 11.4 Å². The number of benzene rings is 3. The molecule has 30 heavy (non-hydrogen) atoms. The second-order valence-electron chi connectivity index (χ2n) is 6.92. The average Bonchev–Trinajstić information content (AvgIpc) is 2.73. The Morgan fingerprint density at radius 3 is 2.53 bits per heavy atom. The number of carbonyl (C=O) groups is 1. The lowest BCUT2D eigenvalue weighted by atomic mass is 10.2. The molecule has 3 aromatic rings. The highest BCUT2D eigenvalue weighted by Gasteiger charge is 2.37. The summed E-state index contributed by atoms with van der Waals surface area (Å²) in [4.78, 5) is 13.0. The zero-order valence-electron chi connectivity index (χ0n) is 16.1. The normalized spacial score (nSPS) is 15.8. The minimum absolute atomic E-state index is 0.0847. The molecule has 0 bridgehead atoms. The van der Waals surface area contributed by atoms with Gasteiger partial charge in [0.2, 0.25) is 0 Å². The number of hydrogen-bond donors (Lipinski definition) is 1. The van der Waals surface area contributed by atoms with Gasteiger partial charge in [0.05, 0.1) is 17.1 Å². The number of para-hydroxylation sites is 2. The molecule has 0 saturated heterocycles. The smallest absolute Gasteiger partial charge is 0.267 e. The van der Waals surface area contributed by atoms with Crippen LogP contribution in [0.5, 0.6) is 5.75 Å². The molecule has 1 aliphatic rings. The molecule has 4 rings (SSSR count). The molecular weight excluding hydrogens is 424 g/mol. The molecule has 8 heteroatoms. The number of carbonyl (C=O) groups excluding carboxylic acids is 1. The Kier molecular flexibility index (Phi) is 5.40. The van der Waals surface area contributed by atoms with E-state index in [4.69, 9.17) is 16.3 Å². The summed E-state index contributed by atoms with van der Waals surface area (Å²) >= 11 is 5.90. The van der Waals surface area contributed by atoms with Gasteiger partial charge in [-0.25, -0.2) is 8.42 Å². The fourth-order valence-electron chi connectivity index (χ4n) is 3.25. The molecule has 1 amide bonds. The number of amides is 1. The number of aryl methyl sites for hydroxylation is 1. The van der Waals surface area contributed by atoms with Gasteiger partial charge in [0, 0.05) is 10.7 Å². The third-order valence-corrected chi connectivity index (χ3v) is 6.76. The third-order valence-electron chi connectivity index (χ3n) is 4.71. The standard InChI is InChI=1S/C22H19ClN2O4S/c1-15-5-4-6-17(13-15)24-22(26)21-14-25(19-7-2-3-8-20(19)29-21)30(27,28)18-11-9-16(23)10-12-18/h2-13,21H,14H2,1H3,(H,24,26). The molecular formula is C22H19ClN2O4S. The highest BCUT2D eigenvalue weighted by Crippen LogP contribution is 2.37. The van der Waals surface area contributed by atoms with Crippen LogP contribution in [0.3, 0.4) is 0 Å². The SMILES string of the molecule is Cc1cccc(NC(=O)C2CN(S(=O)(=O)c3ccc(Cl)cc3)c3ccccc3O2)c1. The van der Waals surface area contributed by atoms with Crippen molar-refractivity contribution >= 4 is 38.9 Å². The first-order valence-electron chi connectivity index (χ1n) is 9.26. The van der Waals surface area contributed by atoms with Crippen molar-refractivity contribution in [2.45, 2.75) is 17.9 Å². The van der Waals surface area contributed by atoms with Gasteiger partial charge in [-0.3, -0.25) is 9.10 Å². The van der Waals surface area contributed by atoms with Crippen LogP contribution in [0.1, 0.15) is 5.56 Å². The number of halogens is 1. The molecule has 0 fully saturated rings. The number of anilines is 2. The molecule has 1 aliphatic heterocycles. The highest BCUT2D eigenvalue weighted by atomic mass is 35.5. The van der Waals surface area contributed by atoms with E-state index >= 15 is 0 Å². The quantitative estimate of drug-likeness (QED) is 0.655. The highest BCUT2D eigenvalue weighted by molar-refractivity contribution is 7.92. The van der Waals surface area contributed by atoms with E-state index in [-0.39, 0.29) is 11.4 Å². The van der Waals surface area contributed by atoms with Crippen molar-refractivity contribution in [2.75, 3.05) is 16.2 Å². The van der Waals surface area contributed by atoms with Crippen molar-refractivity contribution in [3.63, 3.8) is 0 Å². The van der Waals surface area contributed by atoms with Crippen molar-refractivity contribution in [1.29, 1.82) is 0 Å². The van der Waals surface area contributed by atoms with Gasteiger partial charge in [-0.05, 0) is 61.0 Å². The summed E-state index contributed by atoms with van der Waals surface area (Å²) in [6.07, 6.45) is -1.01. The van der Waals surface area contributed by atoms with E-state index < -0.39 is 22.0 Å². The van der Waals surface area contributed by atoms with Crippen LogP contribution in [-0.2, 0) is 14.8 Å². The second kappa shape index (κ2) is 8.01. The predicted molar refractivity (Wildman–Crippen MR) is 117 cm³/mol. The van der Waals surface area contributed by atoms with Crippen LogP contribution in [0.2, 0.25) is 5.02 Å². The van der Waals surface area contributed by atoms with Crippen LogP contribution >= 0.6 is 11.6 Å². The van der Waals surface area contributed by atoms with Gasteiger partial charge in [0.25, 0.3) is 15.9 Å². The zero-order valence-corrected chi connectivity index (χ0v) is 17.7. The van der Waals surface area contributed by atoms with Gasteiger partial charge in [0.1, 0.15) is 5.75 Å². The maximum Gasteiger partial charge on any atom is 0.267 e. The molecule has 6 nitrogen and oxygen atoms in total. The van der Waals surface area contributed by atoms with E-state index in [1.54, 1.807) is 30.3 Å². The van der Waals surface area contributed by atoms with Gasteiger partial charge in [0.15, 0.2) is 6.10 Å². The topological polar surface area (TPSA) is 75.7 Å². The monoisotopic (exact) mass is 442 g/mol. The molecule has 1 atom stereocenters. The van der Waals surface area contributed by atoms with Crippen LogP contribution in [0.15, 0.2) is 77.7 Å². The lowest BCUT2D eigenvalue weighted by Crippen LogP contribution is -2.48. The van der Waals surface area contributed by atoms with E-state index in [0.29, 0.717) is 22.1 Å². The molecule has 0 spiro atoms. The van der Waals surface area contributed by atoms with Crippen LogP contribution in [0.25, 0.3) is 0 Å². The summed E-state index contributed by atoms with van der Waals surface area (Å²) in [5.41, 5.74) is 2.00. The zero-order chi connectivity index (χ0) is 21.3. The van der Waals surface area contributed by atoms with Crippen LogP contribution < -0.4 is 14.4 Å². The van der Waals surface area contributed by atoms with Gasteiger partial charge in [-0.15, -0.1) is 0 Å². The first-order valence-corrected chi connectivity index (χ1v) is 11.1. The number of ether oxygens (including phenoxy) is 1. The molecule has 3 aromatic carbocycles. The van der Waals surface area contributed by atoms with Crippen molar-refractivity contribution in [2.24, 2.45) is 0 Å². The number of rotatable bonds is 4. The molecule has 0 saturated carbocycles. The molecule has 154 valence electrons. The van der Waals surface area contributed by atoms with Crippen molar-refractivity contribution in [3.05, 3.63) is 83.4 Å². The Labute approximate surface area is 180 Å². The molecule has 0 aromatic heterocycles. The minimum Gasteiger partial charge on any atom is -0.476 e. The number of hydrogen-bond acceptors (Lipinski definition) is 4. The number of sulfonamides is 1. The summed E-state index contributed by atoms with van der Waals surface area (Å²) in [6, 6.07) is 20.0. The van der Waals surface area contributed by atoms with Gasteiger partial charge in [-0.2, -0.15) is 0 Å². The Balaban J connectivity index is 1.67. The van der Waals surface area contributed by atoms with E-state index in [0.717, 1.165) is 5.56 Å². The Hall–Kier alpha value is -3.03. The molecule has 1 N–H and O–H groups in total. The summed E-state index contributed by atoms with van der Waals surface area (Å²) < 4.78 is 33.7. The van der Waals surface area contributed by atoms with Gasteiger partial charge < -0.3 is 10.1 Å². The van der Waals surface area contributed by atoms with Crippen LogP contribution in [0, 0.1) is 6.92 Å².